The van der Waals surface area contributed by atoms with E-state index in [2.05, 4.69) is 10.2 Å². The number of likely N-dealkylation sites (tertiary alicyclic amines) is 1. The molecule has 0 bridgehead atoms. The van der Waals surface area contributed by atoms with Crippen LogP contribution >= 0.6 is 0 Å². The van der Waals surface area contributed by atoms with Gasteiger partial charge in [-0.1, -0.05) is 0 Å². The Morgan fingerprint density at radius 3 is 2.55 bits per heavy atom. The Balaban J connectivity index is 1.79. The maximum Gasteiger partial charge on any atom is 0.238 e. The number of amides is 1. The first-order valence-corrected chi connectivity index (χ1v) is 6.84. The fourth-order valence-corrected chi connectivity index (χ4v) is 2.36. The summed E-state index contributed by atoms with van der Waals surface area (Å²) in [6.45, 7) is 2.32. The number of anilines is 1. The van der Waals surface area contributed by atoms with Crippen molar-refractivity contribution in [3.63, 3.8) is 0 Å². The summed E-state index contributed by atoms with van der Waals surface area (Å²) < 4.78 is 0. The van der Waals surface area contributed by atoms with Crippen molar-refractivity contribution < 1.29 is 9.90 Å². The summed E-state index contributed by atoms with van der Waals surface area (Å²) in [4.78, 5) is 14.0. The average Bonchev–Trinajstić information content (AvgIpc) is 2.49. The number of aliphatic hydroxyl groups excluding tert-OH is 1. The SMILES string of the molecule is N#Cc1ccc(NC(=O)CN2CCC(CO)CC2)cc1. The third-order valence-corrected chi connectivity index (χ3v) is 3.63. The molecule has 5 heteroatoms. The van der Waals surface area contributed by atoms with Crippen LogP contribution < -0.4 is 5.32 Å². The largest absolute Gasteiger partial charge is 0.396 e. The minimum atomic E-state index is -0.0443. The highest BCUT2D eigenvalue weighted by Crippen LogP contribution is 2.16. The fourth-order valence-electron chi connectivity index (χ4n) is 2.36. The average molecular weight is 273 g/mol. The van der Waals surface area contributed by atoms with Gasteiger partial charge < -0.3 is 10.4 Å². The van der Waals surface area contributed by atoms with Crippen LogP contribution in [0.15, 0.2) is 24.3 Å². The van der Waals surface area contributed by atoms with Gasteiger partial charge in [0.25, 0.3) is 0 Å². The Bertz CT molecular complexity index is 485. The molecular weight excluding hydrogens is 254 g/mol. The maximum atomic E-state index is 11.9. The number of nitriles is 1. The van der Waals surface area contributed by atoms with E-state index >= 15 is 0 Å². The van der Waals surface area contributed by atoms with Crippen LogP contribution in [0.2, 0.25) is 0 Å². The summed E-state index contributed by atoms with van der Waals surface area (Å²) in [5, 5.41) is 20.6. The van der Waals surface area contributed by atoms with E-state index in [1.165, 1.54) is 0 Å². The molecule has 2 rings (SSSR count). The minimum Gasteiger partial charge on any atom is -0.396 e. The molecular formula is C15H19N3O2. The van der Waals surface area contributed by atoms with E-state index in [-0.39, 0.29) is 12.5 Å². The predicted octanol–water partition coefficient (Wildman–Crippen LogP) is 1.20. The molecule has 5 nitrogen and oxygen atoms in total. The molecule has 0 atom stereocenters. The molecule has 1 aliphatic heterocycles. The van der Waals surface area contributed by atoms with Gasteiger partial charge in [0.1, 0.15) is 0 Å². The lowest BCUT2D eigenvalue weighted by atomic mass is 9.98. The number of nitrogens with one attached hydrogen (secondary N) is 1. The van der Waals surface area contributed by atoms with Crippen molar-refractivity contribution >= 4 is 11.6 Å². The van der Waals surface area contributed by atoms with Gasteiger partial charge >= 0.3 is 0 Å². The van der Waals surface area contributed by atoms with E-state index in [1.54, 1.807) is 24.3 Å². The van der Waals surface area contributed by atoms with E-state index in [1.807, 2.05) is 6.07 Å². The Hall–Kier alpha value is -1.90. The van der Waals surface area contributed by atoms with Crippen LogP contribution in [0, 0.1) is 17.2 Å². The normalized spacial score (nSPS) is 16.6. The highest BCUT2D eigenvalue weighted by molar-refractivity contribution is 5.92. The van der Waals surface area contributed by atoms with Crippen molar-refractivity contribution in [1.29, 1.82) is 5.26 Å². The third kappa shape index (κ3) is 4.05. The molecule has 0 spiro atoms. The molecule has 0 aromatic heterocycles. The van der Waals surface area contributed by atoms with E-state index in [4.69, 9.17) is 10.4 Å². The summed E-state index contributed by atoms with van der Waals surface area (Å²) in [5.41, 5.74) is 1.29. The molecule has 0 unspecified atom stereocenters. The molecule has 20 heavy (non-hydrogen) atoms. The van der Waals surface area contributed by atoms with Crippen LogP contribution in [0.4, 0.5) is 5.69 Å². The standard InChI is InChI=1S/C15H19N3O2/c16-9-12-1-3-14(4-2-12)17-15(20)10-18-7-5-13(11-19)6-8-18/h1-4,13,19H,5-8,10-11H2,(H,17,20). The van der Waals surface area contributed by atoms with E-state index < -0.39 is 0 Å². The van der Waals surface area contributed by atoms with E-state index in [0.717, 1.165) is 25.9 Å². The lowest BCUT2D eigenvalue weighted by Gasteiger charge is -2.30. The van der Waals surface area contributed by atoms with Gasteiger partial charge in [-0.3, -0.25) is 9.69 Å². The summed E-state index contributed by atoms with van der Waals surface area (Å²) in [6, 6.07) is 8.87. The Morgan fingerprint density at radius 2 is 2.00 bits per heavy atom. The fraction of sp³-hybridized carbons (Fsp3) is 0.467. The number of hydrogen-bond donors (Lipinski definition) is 2. The molecule has 1 amide bonds. The van der Waals surface area contributed by atoms with Gasteiger partial charge in [0.2, 0.25) is 5.91 Å². The molecule has 1 aliphatic rings. The van der Waals surface area contributed by atoms with Gasteiger partial charge in [0, 0.05) is 12.3 Å². The first-order chi connectivity index (χ1) is 9.71. The number of carbonyl (C=O) groups excluding carboxylic acids is 1. The van der Waals surface area contributed by atoms with Crippen molar-refractivity contribution in [2.75, 3.05) is 31.6 Å². The van der Waals surface area contributed by atoms with Gasteiger partial charge in [0.15, 0.2) is 0 Å². The molecule has 1 aromatic rings. The zero-order valence-electron chi connectivity index (χ0n) is 11.4. The van der Waals surface area contributed by atoms with Crippen LogP contribution in [-0.2, 0) is 4.79 Å². The van der Waals surface area contributed by atoms with Crippen LogP contribution in [-0.4, -0.2) is 42.2 Å². The first kappa shape index (κ1) is 14.5. The second-order valence-corrected chi connectivity index (χ2v) is 5.14. The van der Waals surface area contributed by atoms with Crippen molar-refractivity contribution in [1.82, 2.24) is 4.90 Å². The molecule has 2 N–H and O–H groups in total. The monoisotopic (exact) mass is 273 g/mol. The number of benzene rings is 1. The maximum absolute atomic E-state index is 11.9. The highest BCUT2D eigenvalue weighted by Gasteiger charge is 2.20. The van der Waals surface area contributed by atoms with Gasteiger partial charge in [0.05, 0.1) is 18.2 Å². The van der Waals surface area contributed by atoms with Gasteiger partial charge in [-0.05, 0) is 56.1 Å². The molecule has 0 aliphatic carbocycles. The number of hydrogen-bond acceptors (Lipinski definition) is 4. The zero-order valence-corrected chi connectivity index (χ0v) is 11.4. The molecule has 1 saturated heterocycles. The predicted molar refractivity (Wildman–Crippen MR) is 76.0 cm³/mol. The first-order valence-electron chi connectivity index (χ1n) is 6.84. The van der Waals surface area contributed by atoms with Crippen LogP contribution in [0.5, 0.6) is 0 Å². The van der Waals surface area contributed by atoms with Crippen molar-refractivity contribution in [3.8, 4) is 6.07 Å². The molecule has 0 saturated carbocycles. The Morgan fingerprint density at radius 1 is 1.35 bits per heavy atom. The quantitative estimate of drug-likeness (QED) is 0.864. The molecule has 1 heterocycles. The summed E-state index contributed by atoms with van der Waals surface area (Å²) in [5.74, 6) is 0.338. The van der Waals surface area contributed by atoms with Crippen LogP contribution in [0.1, 0.15) is 18.4 Å². The lowest BCUT2D eigenvalue weighted by Crippen LogP contribution is -2.39. The van der Waals surface area contributed by atoms with Crippen molar-refractivity contribution in [3.05, 3.63) is 29.8 Å². The van der Waals surface area contributed by atoms with Gasteiger partial charge in [-0.15, -0.1) is 0 Å². The molecule has 1 aromatic carbocycles. The smallest absolute Gasteiger partial charge is 0.238 e. The Labute approximate surface area is 118 Å². The van der Waals surface area contributed by atoms with E-state index in [0.29, 0.717) is 23.7 Å². The molecule has 0 radical (unpaired) electrons. The van der Waals surface area contributed by atoms with Crippen molar-refractivity contribution in [2.45, 2.75) is 12.8 Å². The third-order valence-electron chi connectivity index (χ3n) is 3.63. The lowest BCUT2D eigenvalue weighted by molar-refractivity contribution is -0.117. The van der Waals surface area contributed by atoms with Gasteiger partial charge in [-0.2, -0.15) is 5.26 Å². The zero-order chi connectivity index (χ0) is 14.4. The van der Waals surface area contributed by atoms with Gasteiger partial charge in [-0.25, -0.2) is 0 Å². The van der Waals surface area contributed by atoms with Crippen LogP contribution in [0.3, 0.4) is 0 Å². The summed E-state index contributed by atoms with van der Waals surface area (Å²) >= 11 is 0. The second kappa shape index (κ2) is 7.04. The molecule has 106 valence electrons. The number of nitrogens with zero attached hydrogens (tertiary/aromatic N) is 2. The Kier molecular flexibility index (Phi) is 5.10. The highest BCUT2D eigenvalue weighted by atomic mass is 16.3. The van der Waals surface area contributed by atoms with Crippen LogP contribution in [0.25, 0.3) is 0 Å². The summed E-state index contributed by atoms with van der Waals surface area (Å²) in [7, 11) is 0. The topological polar surface area (TPSA) is 76.4 Å². The molecule has 1 fully saturated rings. The second-order valence-electron chi connectivity index (χ2n) is 5.14. The number of aliphatic hydroxyl groups is 1. The number of piperidine rings is 1. The summed E-state index contributed by atoms with van der Waals surface area (Å²) in [6.07, 6.45) is 1.89. The minimum absolute atomic E-state index is 0.0443. The number of carbonyl (C=O) groups is 1. The van der Waals surface area contributed by atoms with Crippen molar-refractivity contribution in [2.24, 2.45) is 5.92 Å². The number of rotatable bonds is 4. The van der Waals surface area contributed by atoms with E-state index in [9.17, 15) is 4.79 Å².